The molecule has 0 amide bonds. The highest BCUT2D eigenvalue weighted by atomic mass is 32.2. The minimum Gasteiger partial charge on any atom is -0.489 e. The van der Waals surface area contributed by atoms with E-state index in [4.69, 9.17) is 14.6 Å². The number of epoxide rings is 1. The average Bonchev–Trinajstić information content (AvgIpc) is 3.30. The van der Waals surface area contributed by atoms with Crippen molar-refractivity contribution >= 4 is 10.0 Å². The monoisotopic (exact) mass is 319 g/mol. The third kappa shape index (κ3) is 4.07. The van der Waals surface area contributed by atoms with Gasteiger partial charge in [-0.1, -0.05) is 36.4 Å². The van der Waals surface area contributed by atoms with E-state index in [0.29, 0.717) is 24.5 Å². The summed E-state index contributed by atoms with van der Waals surface area (Å²) in [6.45, 7) is 1.04. The topological polar surface area (TPSA) is 81.9 Å². The predicted molar refractivity (Wildman–Crippen MR) is 82.7 cm³/mol. The number of benzene rings is 2. The number of hydrogen-bond donors (Lipinski definition) is 1. The van der Waals surface area contributed by atoms with Gasteiger partial charge >= 0.3 is 0 Å². The molecule has 1 atom stereocenters. The van der Waals surface area contributed by atoms with E-state index in [1.165, 1.54) is 0 Å². The number of primary sulfonamides is 1. The molecule has 6 heteroatoms. The molecule has 0 aromatic heterocycles. The lowest BCUT2D eigenvalue weighted by Crippen LogP contribution is -2.15. The van der Waals surface area contributed by atoms with Gasteiger partial charge in [0.05, 0.1) is 12.4 Å². The molecule has 1 saturated heterocycles. The molecule has 1 unspecified atom stereocenters. The molecule has 0 aliphatic carbocycles. The normalized spacial score (nSPS) is 17.2. The highest BCUT2D eigenvalue weighted by molar-refractivity contribution is 7.88. The Kier molecular flexibility index (Phi) is 4.15. The Bertz CT molecular complexity index is 755. The fourth-order valence-corrected chi connectivity index (χ4v) is 2.90. The predicted octanol–water partition coefficient (Wildman–Crippen LogP) is 2.13. The fourth-order valence-electron chi connectivity index (χ4n) is 2.25. The van der Waals surface area contributed by atoms with Crippen molar-refractivity contribution in [2.45, 2.75) is 18.5 Å². The van der Waals surface area contributed by atoms with Gasteiger partial charge in [0.1, 0.15) is 18.5 Å². The summed E-state index contributed by atoms with van der Waals surface area (Å²) in [4.78, 5) is 0. The molecule has 5 nitrogen and oxygen atoms in total. The van der Waals surface area contributed by atoms with Gasteiger partial charge in [-0.2, -0.15) is 0 Å². The van der Waals surface area contributed by atoms with Gasteiger partial charge in [-0.3, -0.25) is 0 Å². The van der Waals surface area contributed by atoms with E-state index in [2.05, 4.69) is 0 Å². The van der Waals surface area contributed by atoms with Crippen molar-refractivity contribution in [3.8, 4) is 5.75 Å². The average molecular weight is 319 g/mol. The van der Waals surface area contributed by atoms with E-state index in [9.17, 15) is 8.42 Å². The first-order chi connectivity index (χ1) is 10.5. The second-order valence-electron chi connectivity index (χ2n) is 5.27. The van der Waals surface area contributed by atoms with Crippen LogP contribution in [0.25, 0.3) is 0 Å². The molecule has 1 fully saturated rings. The summed E-state index contributed by atoms with van der Waals surface area (Å²) in [6.07, 6.45) is 0.0578. The molecule has 2 aromatic carbocycles. The van der Waals surface area contributed by atoms with Gasteiger partial charge in [-0.05, 0) is 23.3 Å². The second-order valence-corrected chi connectivity index (χ2v) is 6.89. The van der Waals surface area contributed by atoms with Crippen LogP contribution >= 0.6 is 0 Å². The molecule has 1 heterocycles. The Balaban J connectivity index is 1.82. The van der Waals surface area contributed by atoms with Crippen LogP contribution in [0.2, 0.25) is 0 Å². The van der Waals surface area contributed by atoms with Crippen LogP contribution in [0.15, 0.2) is 48.5 Å². The Hall–Kier alpha value is -1.89. The van der Waals surface area contributed by atoms with Crippen LogP contribution in [0.3, 0.4) is 0 Å². The van der Waals surface area contributed by atoms with Gasteiger partial charge in [0.15, 0.2) is 0 Å². The maximum absolute atomic E-state index is 11.4. The molecular formula is C16H17NO4S. The third-order valence-corrected chi connectivity index (χ3v) is 4.10. The van der Waals surface area contributed by atoms with E-state index in [1.807, 2.05) is 36.4 Å². The first-order valence-corrected chi connectivity index (χ1v) is 8.64. The van der Waals surface area contributed by atoms with Gasteiger partial charge < -0.3 is 9.47 Å². The Morgan fingerprint density at radius 1 is 1.18 bits per heavy atom. The highest BCUT2D eigenvalue weighted by Gasteiger charge is 2.26. The number of nitrogens with two attached hydrogens (primary N) is 1. The fraction of sp³-hybridized carbons (Fsp3) is 0.250. The smallest absolute Gasteiger partial charge is 0.213 e. The maximum Gasteiger partial charge on any atom is 0.213 e. The van der Waals surface area contributed by atoms with Crippen molar-refractivity contribution in [2.75, 3.05) is 6.61 Å². The minimum absolute atomic E-state index is 0.0578. The van der Waals surface area contributed by atoms with Crippen LogP contribution in [-0.2, 0) is 27.1 Å². The summed E-state index contributed by atoms with van der Waals surface area (Å²) >= 11 is 0. The number of sulfonamides is 1. The Morgan fingerprint density at radius 2 is 1.91 bits per heavy atom. The van der Waals surface area contributed by atoms with E-state index >= 15 is 0 Å². The molecule has 1 aliphatic heterocycles. The van der Waals surface area contributed by atoms with Gasteiger partial charge in [-0.15, -0.1) is 0 Å². The van der Waals surface area contributed by atoms with Crippen molar-refractivity contribution in [3.05, 3.63) is 65.2 Å². The second kappa shape index (κ2) is 6.08. The molecule has 22 heavy (non-hydrogen) atoms. The summed E-state index contributed by atoms with van der Waals surface area (Å²) in [6, 6.07) is 15.2. The molecule has 2 aromatic rings. The summed E-state index contributed by atoms with van der Waals surface area (Å²) in [7, 11) is -3.63. The van der Waals surface area contributed by atoms with Gasteiger partial charge in [0, 0.05) is 5.56 Å². The van der Waals surface area contributed by atoms with E-state index in [0.717, 1.165) is 11.1 Å². The first kappa shape index (κ1) is 15.0. The lowest BCUT2D eigenvalue weighted by Gasteiger charge is -2.12. The lowest BCUT2D eigenvalue weighted by molar-refractivity contribution is 0.303. The highest BCUT2D eigenvalue weighted by Crippen LogP contribution is 2.33. The van der Waals surface area contributed by atoms with Gasteiger partial charge in [-0.25, -0.2) is 13.6 Å². The molecule has 0 spiro atoms. The summed E-state index contributed by atoms with van der Waals surface area (Å²) in [5, 5.41) is 5.17. The zero-order valence-corrected chi connectivity index (χ0v) is 12.8. The summed E-state index contributed by atoms with van der Waals surface area (Å²) in [5.41, 5.74) is 2.52. The van der Waals surface area contributed by atoms with Crippen molar-refractivity contribution in [3.63, 3.8) is 0 Å². The zero-order chi connectivity index (χ0) is 15.6. The molecule has 3 rings (SSSR count). The van der Waals surface area contributed by atoms with Crippen LogP contribution in [0, 0.1) is 0 Å². The van der Waals surface area contributed by atoms with E-state index in [-0.39, 0.29) is 11.9 Å². The quantitative estimate of drug-likeness (QED) is 0.827. The molecule has 0 saturated carbocycles. The van der Waals surface area contributed by atoms with Crippen molar-refractivity contribution < 1.29 is 17.9 Å². The van der Waals surface area contributed by atoms with Crippen molar-refractivity contribution in [2.24, 2.45) is 5.14 Å². The summed E-state index contributed by atoms with van der Waals surface area (Å²) < 4.78 is 33.8. The molecule has 0 radical (unpaired) electrons. The summed E-state index contributed by atoms with van der Waals surface area (Å²) in [5.74, 6) is 0.278. The van der Waals surface area contributed by atoms with Crippen LogP contribution < -0.4 is 9.88 Å². The van der Waals surface area contributed by atoms with E-state index < -0.39 is 10.0 Å². The SMILES string of the molecule is NS(=O)(=O)Cc1cc(C2CO2)ccc1OCc1ccccc1. The lowest BCUT2D eigenvalue weighted by atomic mass is 10.1. The maximum atomic E-state index is 11.4. The van der Waals surface area contributed by atoms with Crippen LogP contribution in [0.5, 0.6) is 5.75 Å². The third-order valence-electron chi connectivity index (χ3n) is 3.38. The van der Waals surface area contributed by atoms with Gasteiger partial charge in [0.25, 0.3) is 0 Å². The molecule has 0 bridgehead atoms. The first-order valence-electron chi connectivity index (χ1n) is 6.93. The van der Waals surface area contributed by atoms with Crippen LogP contribution in [0.4, 0.5) is 0 Å². The number of hydrogen-bond acceptors (Lipinski definition) is 4. The number of rotatable bonds is 6. The molecule has 2 N–H and O–H groups in total. The molecule has 1 aliphatic rings. The Morgan fingerprint density at radius 3 is 2.55 bits per heavy atom. The van der Waals surface area contributed by atoms with Crippen molar-refractivity contribution in [1.29, 1.82) is 0 Å². The molecule has 116 valence electrons. The number of ether oxygens (including phenoxy) is 2. The largest absolute Gasteiger partial charge is 0.489 e. The van der Waals surface area contributed by atoms with Crippen molar-refractivity contribution in [1.82, 2.24) is 0 Å². The Labute approximate surface area is 129 Å². The molecular weight excluding hydrogens is 302 g/mol. The van der Waals surface area contributed by atoms with Crippen LogP contribution in [-0.4, -0.2) is 15.0 Å². The van der Waals surface area contributed by atoms with E-state index in [1.54, 1.807) is 12.1 Å². The zero-order valence-electron chi connectivity index (χ0n) is 11.9. The standard InChI is InChI=1S/C16H17NO4S/c17-22(18,19)11-14-8-13(16-10-21-16)6-7-15(14)20-9-12-4-2-1-3-5-12/h1-8,16H,9-11H2,(H2,17,18,19). The van der Waals surface area contributed by atoms with Crippen LogP contribution in [0.1, 0.15) is 22.8 Å². The van der Waals surface area contributed by atoms with Gasteiger partial charge in [0.2, 0.25) is 10.0 Å². The minimum atomic E-state index is -3.63.